The third-order valence-corrected chi connectivity index (χ3v) is 5.60. The van der Waals surface area contributed by atoms with Crippen molar-refractivity contribution in [3.05, 3.63) is 69.6 Å². The molecule has 30 heavy (non-hydrogen) atoms. The van der Waals surface area contributed by atoms with Gasteiger partial charge in [0, 0.05) is 29.7 Å². The van der Waals surface area contributed by atoms with Gasteiger partial charge in [-0.3, -0.25) is 4.79 Å². The summed E-state index contributed by atoms with van der Waals surface area (Å²) in [4.78, 5) is 15.8. The summed E-state index contributed by atoms with van der Waals surface area (Å²) in [6.07, 6.45) is 0.189. The van der Waals surface area contributed by atoms with Crippen LogP contribution in [-0.4, -0.2) is 46.6 Å². The number of rotatable bonds is 4. The lowest BCUT2D eigenvalue weighted by atomic mass is 9.89. The van der Waals surface area contributed by atoms with Gasteiger partial charge in [0.1, 0.15) is 29.7 Å². The Morgan fingerprint density at radius 1 is 1.23 bits per heavy atom. The summed E-state index contributed by atoms with van der Waals surface area (Å²) in [7, 11) is 0. The molecule has 2 heterocycles. The minimum Gasteiger partial charge on any atom is -0.490 e. The van der Waals surface area contributed by atoms with E-state index in [0.717, 1.165) is 12.1 Å². The van der Waals surface area contributed by atoms with E-state index in [4.69, 9.17) is 16.3 Å². The minimum absolute atomic E-state index is 0.0149. The first-order valence-corrected chi connectivity index (χ1v) is 9.69. The van der Waals surface area contributed by atoms with Gasteiger partial charge in [-0.05, 0) is 36.8 Å². The third-order valence-electron chi connectivity index (χ3n) is 5.38. The zero-order valence-electron chi connectivity index (χ0n) is 15.7. The molecule has 4 rings (SSSR count). The number of nitrogens with zero attached hydrogens (tertiary/aromatic N) is 1. The molecule has 0 amide bonds. The van der Waals surface area contributed by atoms with E-state index < -0.39 is 23.3 Å². The van der Waals surface area contributed by atoms with Crippen LogP contribution in [0.1, 0.15) is 6.42 Å². The summed E-state index contributed by atoms with van der Waals surface area (Å²) in [5, 5.41) is 22.4. The highest BCUT2D eigenvalue weighted by Crippen LogP contribution is 2.33. The van der Waals surface area contributed by atoms with Crippen LogP contribution < -0.4 is 15.2 Å². The zero-order chi connectivity index (χ0) is 21.5. The van der Waals surface area contributed by atoms with Gasteiger partial charge in [-0.1, -0.05) is 17.7 Å². The Balaban J connectivity index is 1.51. The van der Waals surface area contributed by atoms with Crippen LogP contribution in [0.5, 0.6) is 5.75 Å². The number of aromatic amines is 1. The molecule has 3 aromatic rings. The van der Waals surface area contributed by atoms with Gasteiger partial charge in [0.15, 0.2) is 11.6 Å². The summed E-state index contributed by atoms with van der Waals surface area (Å²) >= 11 is 5.66. The van der Waals surface area contributed by atoms with Crippen molar-refractivity contribution in [2.24, 2.45) is 0 Å². The molecule has 2 aromatic carbocycles. The van der Waals surface area contributed by atoms with Crippen LogP contribution in [0.15, 0.2) is 47.4 Å². The second-order valence-corrected chi connectivity index (χ2v) is 7.78. The number of ether oxygens (including phenoxy) is 1. The van der Waals surface area contributed by atoms with E-state index in [1.54, 1.807) is 24.3 Å². The fourth-order valence-corrected chi connectivity index (χ4v) is 3.89. The maximum atomic E-state index is 14.2. The van der Waals surface area contributed by atoms with E-state index in [0.29, 0.717) is 16.5 Å². The van der Waals surface area contributed by atoms with Crippen molar-refractivity contribution in [1.29, 1.82) is 0 Å². The Morgan fingerprint density at radius 3 is 2.67 bits per heavy atom. The standard InChI is InChI=1S/C21H19ClF2N2O4/c22-12-8-15(23)19(16(24)9-12)26-7-5-21(29,18(27)10-26)11-30-17-3-1-2-14-13(17)4-6-25-20(14)28/h1-4,6,8-9,18,27,29H,5,7,10-11H2,(H,25,28)/t18-,21-/m1/s1. The molecule has 1 aliphatic heterocycles. The Morgan fingerprint density at radius 2 is 1.97 bits per heavy atom. The second kappa shape index (κ2) is 7.86. The van der Waals surface area contributed by atoms with Crippen molar-refractivity contribution >= 4 is 28.1 Å². The van der Waals surface area contributed by atoms with Crippen LogP contribution >= 0.6 is 11.6 Å². The molecular weight excluding hydrogens is 418 g/mol. The molecule has 0 bridgehead atoms. The van der Waals surface area contributed by atoms with Gasteiger partial charge >= 0.3 is 0 Å². The normalized spacial score (nSPS) is 21.8. The second-order valence-electron chi connectivity index (χ2n) is 7.35. The zero-order valence-corrected chi connectivity index (χ0v) is 16.5. The van der Waals surface area contributed by atoms with Gasteiger partial charge < -0.3 is 24.8 Å². The number of hydrogen-bond donors (Lipinski definition) is 3. The average Bonchev–Trinajstić information content (AvgIpc) is 2.69. The number of piperidine rings is 1. The highest BCUT2D eigenvalue weighted by atomic mass is 35.5. The molecule has 1 aliphatic rings. The molecule has 1 saturated heterocycles. The average molecular weight is 437 g/mol. The third kappa shape index (κ3) is 3.74. The van der Waals surface area contributed by atoms with Crippen LogP contribution in [0.2, 0.25) is 5.02 Å². The Bertz CT molecular complexity index is 1130. The first kappa shape index (κ1) is 20.6. The highest BCUT2D eigenvalue weighted by Gasteiger charge is 2.42. The van der Waals surface area contributed by atoms with Gasteiger partial charge in [-0.15, -0.1) is 0 Å². The van der Waals surface area contributed by atoms with Gasteiger partial charge in [-0.2, -0.15) is 0 Å². The van der Waals surface area contributed by atoms with Crippen molar-refractivity contribution in [2.45, 2.75) is 18.1 Å². The molecule has 9 heteroatoms. The molecular formula is C21H19ClF2N2O4. The Labute approximate surface area is 175 Å². The van der Waals surface area contributed by atoms with E-state index in [-0.39, 0.29) is 42.4 Å². The molecule has 0 saturated carbocycles. The topological polar surface area (TPSA) is 85.8 Å². The molecule has 0 radical (unpaired) electrons. The number of fused-ring (bicyclic) bond motifs is 1. The molecule has 1 aromatic heterocycles. The number of nitrogens with one attached hydrogen (secondary N) is 1. The number of benzene rings is 2. The van der Waals surface area contributed by atoms with Crippen LogP contribution in [0, 0.1) is 11.6 Å². The Kier molecular flexibility index (Phi) is 5.40. The maximum absolute atomic E-state index is 14.2. The number of anilines is 1. The monoisotopic (exact) mass is 436 g/mol. The van der Waals surface area contributed by atoms with Crippen molar-refractivity contribution in [2.75, 3.05) is 24.6 Å². The summed E-state index contributed by atoms with van der Waals surface area (Å²) in [5.41, 5.74) is -2.19. The number of pyridine rings is 1. The summed E-state index contributed by atoms with van der Waals surface area (Å²) in [6, 6.07) is 8.64. The fraction of sp³-hybridized carbons (Fsp3) is 0.286. The van der Waals surface area contributed by atoms with Gasteiger partial charge in [0.2, 0.25) is 0 Å². The number of aliphatic hydroxyl groups excluding tert-OH is 1. The molecule has 1 fully saturated rings. The molecule has 0 spiro atoms. The smallest absolute Gasteiger partial charge is 0.255 e. The lowest BCUT2D eigenvalue weighted by Gasteiger charge is -2.42. The van der Waals surface area contributed by atoms with Crippen LogP contribution in [0.3, 0.4) is 0 Å². The fourth-order valence-electron chi connectivity index (χ4n) is 3.69. The number of hydrogen-bond acceptors (Lipinski definition) is 5. The van der Waals surface area contributed by atoms with E-state index >= 15 is 0 Å². The van der Waals surface area contributed by atoms with Crippen LogP contribution in [0.4, 0.5) is 14.5 Å². The highest BCUT2D eigenvalue weighted by molar-refractivity contribution is 6.30. The van der Waals surface area contributed by atoms with Crippen molar-refractivity contribution < 1.29 is 23.7 Å². The van der Waals surface area contributed by atoms with Crippen molar-refractivity contribution in [3.63, 3.8) is 0 Å². The largest absolute Gasteiger partial charge is 0.490 e. The van der Waals surface area contributed by atoms with E-state index in [9.17, 15) is 23.8 Å². The first-order valence-electron chi connectivity index (χ1n) is 9.32. The predicted octanol–water partition coefficient (Wildman–Crippen LogP) is 2.84. The molecule has 158 valence electrons. The molecule has 0 aliphatic carbocycles. The van der Waals surface area contributed by atoms with Crippen LogP contribution in [-0.2, 0) is 0 Å². The van der Waals surface area contributed by atoms with Crippen molar-refractivity contribution in [1.82, 2.24) is 4.98 Å². The quantitative estimate of drug-likeness (QED) is 0.585. The Hall–Kier alpha value is -2.68. The lowest BCUT2D eigenvalue weighted by Crippen LogP contribution is -2.58. The SMILES string of the molecule is O=c1[nH]ccc2c(OC[C@]3(O)CCN(c4c(F)cc(Cl)cc4F)C[C@H]3O)cccc12. The number of aromatic nitrogens is 1. The lowest BCUT2D eigenvalue weighted by molar-refractivity contribution is -0.108. The van der Waals surface area contributed by atoms with Crippen molar-refractivity contribution in [3.8, 4) is 5.75 Å². The molecule has 6 nitrogen and oxygen atoms in total. The number of H-pyrrole nitrogens is 1. The first-order chi connectivity index (χ1) is 14.3. The van der Waals surface area contributed by atoms with Gasteiger partial charge in [-0.25, -0.2) is 8.78 Å². The van der Waals surface area contributed by atoms with E-state index in [2.05, 4.69) is 4.98 Å². The van der Waals surface area contributed by atoms with Gasteiger partial charge in [0.05, 0.1) is 5.39 Å². The minimum atomic E-state index is -1.63. The predicted molar refractivity (Wildman–Crippen MR) is 109 cm³/mol. The molecule has 2 atom stereocenters. The summed E-state index contributed by atoms with van der Waals surface area (Å²) in [5.74, 6) is -1.29. The van der Waals surface area contributed by atoms with Crippen LogP contribution in [0.25, 0.3) is 10.8 Å². The van der Waals surface area contributed by atoms with E-state index in [1.807, 2.05) is 0 Å². The number of aliphatic hydroxyl groups is 2. The molecule has 0 unspecified atom stereocenters. The summed E-state index contributed by atoms with van der Waals surface area (Å²) in [6.45, 7) is -0.342. The number of halogens is 3. The molecule has 3 N–H and O–H groups in total. The maximum Gasteiger partial charge on any atom is 0.255 e. The summed E-state index contributed by atoms with van der Waals surface area (Å²) < 4.78 is 34.2. The van der Waals surface area contributed by atoms with E-state index in [1.165, 1.54) is 11.1 Å². The number of β-amino-alcohol motifs (C(OH)–C–C–N with tert-alkyl or cyclic N) is 1. The van der Waals surface area contributed by atoms with Gasteiger partial charge in [0.25, 0.3) is 5.56 Å².